The SMILES string of the molecule is CN1CCSCC1c1nc(-c2ccccc2N)cs1. The van der Waals surface area contributed by atoms with Gasteiger partial charge in [0.05, 0.1) is 11.7 Å². The quantitative estimate of drug-likeness (QED) is 0.863. The summed E-state index contributed by atoms with van der Waals surface area (Å²) >= 11 is 3.75. The second-order valence-corrected chi connectivity index (χ2v) is 6.77. The summed E-state index contributed by atoms with van der Waals surface area (Å²) in [6.45, 7) is 1.14. The van der Waals surface area contributed by atoms with Crippen LogP contribution in [0.2, 0.25) is 0 Å². The van der Waals surface area contributed by atoms with Crippen LogP contribution in [0, 0.1) is 0 Å². The van der Waals surface area contributed by atoms with Gasteiger partial charge in [0.15, 0.2) is 0 Å². The number of anilines is 1. The topological polar surface area (TPSA) is 42.2 Å². The highest BCUT2D eigenvalue weighted by Crippen LogP contribution is 2.33. The van der Waals surface area contributed by atoms with Gasteiger partial charge in [-0.1, -0.05) is 18.2 Å². The fraction of sp³-hybridized carbons (Fsp3) is 0.357. The van der Waals surface area contributed by atoms with Crippen molar-refractivity contribution in [2.45, 2.75) is 6.04 Å². The number of thiazole rings is 1. The lowest BCUT2D eigenvalue weighted by atomic mass is 10.1. The van der Waals surface area contributed by atoms with Gasteiger partial charge in [0.1, 0.15) is 5.01 Å². The van der Waals surface area contributed by atoms with Crippen molar-refractivity contribution in [1.82, 2.24) is 9.88 Å². The van der Waals surface area contributed by atoms with E-state index in [0.29, 0.717) is 6.04 Å². The lowest BCUT2D eigenvalue weighted by molar-refractivity contribution is 0.274. The Balaban J connectivity index is 1.89. The number of nitrogens with zero attached hydrogens (tertiary/aromatic N) is 2. The molecular formula is C14H17N3S2. The maximum absolute atomic E-state index is 6.02. The van der Waals surface area contributed by atoms with Gasteiger partial charge in [-0.15, -0.1) is 11.3 Å². The van der Waals surface area contributed by atoms with Crippen LogP contribution in [0.4, 0.5) is 5.69 Å². The number of hydrogen-bond donors (Lipinski definition) is 1. The first kappa shape index (κ1) is 13.0. The minimum Gasteiger partial charge on any atom is -0.398 e. The van der Waals surface area contributed by atoms with Crippen molar-refractivity contribution < 1.29 is 0 Å². The molecule has 3 nitrogen and oxygen atoms in total. The minimum atomic E-state index is 0.447. The molecule has 0 amide bonds. The zero-order chi connectivity index (χ0) is 13.2. The van der Waals surface area contributed by atoms with Gasteiger partial charge in [-0.3, -0.25) is 4.90 Å². The van der Waals surface area contributed by atoms with Crippen LogP contribution >= 0.6 is 23.1 Å². The number of aromatic nitrogens is 1. The van der Waals surface area contributed by atoms with Gasteiger partial charge in [0, 0.05) is 34.7 Å². The van der Waals surface area contributed by atoms with E-state index in [2.05, 4.69) is 17.3 Å². The Morgan fingerprint density at radius 1 is 1.37 bits per heavy atom. The van der Waals surface area contributed by atoms with Crippen molar-refractivity contribution in [2.24, 2.45) is 0 Å². The summed E-state index contributed by atoms with van der Waals surface area (Å²) < 4.78 is 0. The highest BCUT2D eigenvalue weighted by atomic mass is 32.2. The Morgan fingerprint density at radius 3 is 3.00 bits per heavy atom. The van der Waals surface area contributed by atoms with Gasteiger partial charge < -0.3 is 5.73 Å². The molecule has 5 heteroatoms. The smallest absolute Gasteiger partial charge is 0.111 e. The van der Waals surface area contributed by atoms with E-state index >= 15 is 0 Å². The molecule has 0 spiro atoms. The van der Waals surface area contributed by atoms with Crippen molar-refractivity contribution in [3.63, 3.8) is 0 Å². The Morgan fingerprint density at radius 2 is 2.21 bits per heavy atom. The molecule has 1 aliphatic heterocycles. The number of hydrogen-bond acceptors (Lipinski definition) is 5. The molecule has 1 fully saturated rings. The fourth-order valence-corrected chi connectivity index (χ4v) is 4.55. The largest absolute Gasteiger partial charge is 0.398 e. The normalized spacial score (nSPS) is 20.6. The predicted octanol–water partition coefficient (Wildman–Crippen LogP) is 3.11. The van der Waals surface area contributed by atoms with Gasteiger partial charge in [0.2, 0.25) is 0 Å². The fourth-order valence-electron chi connectivity index (χ4n) is 2.24. The minimum absolute atomic E-state index is 0.447. The number of benzene rings is 1. The number of nitrogen functional groups attached to an aromatic ring is 1. The van der Waals surface area contributed by atoms with E-state index in [1.54, 1.807) is 11.3 Å². The summed E-state index contributed by atoms with van der Waals surface area (Å²) in [5.74, 6) is 2.35. The molecule has 3 rings (SSSR count). The molecule has 100 valence electrons. The van der Waals surface area contributed by atoms with Crippen LogP contribution in [-0.2, 0) is 0 Å². The van der Waals surface area contributed by atoms with Gasteiger partial charge in [-0.2, -0.15) is 11.8 Å². The molecule has 0 aliphatic carbocycles. The van der Waals surface area contributed by atoms with E-state index in [1.165, 1.54) is 10.8 Å². The molecule has 2 heterocycles. The van der Waals surface area contributed by atoms with Crippen molar-refractivity contribution in [3.05, 3.63) is 34.7 Å². The predicted molar refractivity (Wildman–Crippen MR) is 84.7 cm³/mol. The molecule has 0 radical (unpaired) electrons. The van der Waals surface area contributed by atoms with Gasteiger partial charge in [-0.05, 0) is 13.1 Å². The third-order valence-corrected chi connectivity index (χ3v) is 5.41. The average molecular weight is 291 g/mol. The average Bonchev–Trinajstić information content (AvgIpc) is 2.89. The van der Waals surface area contributed by atoms with Crippen LogP contribution < -0.4 is 5.73 Å². The number of nitrogens with two attached hydrogens (primary N) is 1. The summed E-state index contributed by atoms with van der Waals surface area (Å²) in [5.41, 5.74) is 8.85. The maximum atomic E-state index is 6.02. The zero-order valence-electron chi connectivity index (χ0n) is 10.9. The van der Waals surface area contributed by atoms with Crippen molar-refractivity contribution in [2.75, 3.05) is 30.8 Å². The van der Waals surface area contributed by atoms with E-state index in [9.17, 15) is 0 Å². The molecule has 1 aliphatic rings. The Bertz CT molecular complexity index is 567. The Labute approximate surface area is 121 Å². The third-order valence-electron chi connectivity index (χ3n) is 3.44. The first-order chi connectivity index (χ1) is 9.25. The maximum Gasteiger partial charge on any atom is 0.111 e. The van der Waals surface area contributed by atoms with E-state index in [0.717, 1.165) is 29.2 Å². The van der Waals surface area contributed by atoms with Crippen LogP contribution in [0.5, 0.6) is 0 Å². The third kappa shape index (κ3) is 2.63. The van der Waals surface area contributed by atoms with Crippen LogP contribution in [-0.4, -0.2) is 35.0 Å². The molecule has 1 atom stereocenters. The van der Waals surface area contributed by atoms with Crippen LogP contribution in [0.3, 0.4) is 0 Å². The molecule has 1 aromatic heterocycles. The molecule has 19 heavy (non-hydrogen) atoms. The molecule has 0 bridgehead atoms. The van der Waals surface area contributed by atoms with E-state index in [-0.39, 0.29) is 0 Å². The second-order valence-electron chi connectivity index (χ2n) is 4.73. The Hall–Kier alpha value is -1.04. The second kappa shape index (κ2) is 5.53. The lowest BCUT2D eigenvalue weighted by Gasteiger charge is -2.30. The molecule has 1 aromatic carbocycles. The number of thioether (sulfide) groups is 1. The lowest BCUT2D eigenvalue weighted by Crippen LogP contribution is -2.32. The van der Waals surface area contributed by atoms with Crippen LogP contribution in [0.15, 0.2) is 29.6 Å². The molecule has 2 aromatic rings. The van der Waals surface area contributed by atoms with Crippen molar-refractivity contribution in [1.29, 1.82) is 0 Å². The van der Waals surface area contributed by atoms with Gasteiger partial charge in [0.25, 0.3) is 0 Å². The van der Waals surface area contributed by atoms with E-state index in [4.69, 9.17) is 10.7 Å². The summed E-state index contributed by atoms with van der Waals surface area (Å²) in [6.07, 6.45) is 0. The zero-order valence-corrected chi connectivity index (χ0v) is 12.5. The highest BCUT2D eigenvalue weighted by molar-refractivity contribution is 7.99. The molecule has 1 saturated heterocycles. The first-order valence-electron chi connectivity index (χ1n) is 6.34. The van der Waals surface area contributed by atoms with E-state index < -0.39 is 0 Å². The summed E-state index contributed by atoms with van der Waals surface area (Å²) in [5, 5.41) is 3.32. The first-order valence-corrected chi connectivity index (χ1v) is 8.37. The summed E-state index contributed by atoms with van der Waals surface area (Å²) in [7, 11) is 2.18. The summed E-state index contributed by atoms with van der Waals surface area (Å²) in [4.78, 5) is 7.20. The highest BCUT2D eigenvalue weighted by Gasteiger charge is 2.24. The van der Waals surface area contributed by atoms with Crippen molar-refractivity contribution in [3.8, 4) is 11.3 Å². The number of para-hydroxylation sites is 1. The van der Waals surface area contributed by atoms with E-state index in [1.807, 2.05) is 36.0 Å². The number of rotatable bonds is 2. The molecule has 1 unspecified atom stereocenters. The molecular weight excluding hydrogens is 274 g/mol. The van der Waals surface area contributed by atoms with Crippen LogP contribution in [0.1, 0.15) is 11.0 Å². The van der Waals surface area contributed by atoms with Gasteiger partial charge in [-0.25, -0.2) is 4.98 Å². The monoisotopic (exact) mass is 291 g/mol. The molecule has 2 N–H and O–H groups in total. The van der Waals surface area contributed by atoms with Gasteiger partial charge >= 0.3 is 0 Å². The standard InChI is InChI=1S/C14H17N3S2/c1-17-6-7-18-9-13(17)14-16-12(8-19-14)10-4-2-3-5-11(10)15/h2-5,8,13H,6-7,9,15H2,1H3. The van der Waals surface area contributed by atoms with Crippen LogP contribution in [0.25, 0.3) is 11.3 Å². The molecule has 0 saturated carbocycles. The summed E-state index contributed by atoms with van der Waals surface area (Å²) in [6, 6.07) is 8.37. The Kier molecular flexibility index (Phi) is 3.77. The van der Waals surface area contributed by atoms with Crippen molar-refractivity contribution >= 4 is 28.8 Å².